The van der Waals surface area contributed by atoms with E-state index in [0.717, 1.165) is 54.9 Å². The number of likely N-dealkylation sites (tertiary alicyclic amines) is 1. The first kappa shape index (κ1) is 27.3. The van der Waals surface area contributed by atoms with E-state index >= 15 is 0 Å². The van der Waals surface area contributed by atoms with Gasteiger partial charge in [0, 0.05) is 19.7 Å². The molecule has 9 heteroatoms. The van der Waals surface area contributed by atoms with E-state index in [2.05, 4.69) is 29.2 Å². The largest absolute Gasteiger partial charge is 0.497 e. The number of benzene rings is 3. The van der Waals surface area contributed by atoms with Gasteiger partial charge in [0.1, 0.15) is 18.0 Å². The number of nitrogens with zero attached hydrogens (tertiary/aromatic N) is 3. The average molecular weight is 569 g/mol. The lowest BCUT2D eigenvalue weighted by atomic mass is 9.99. The number of hydrogen-bond acceptors (Lipinski definition) is 5. The zero-order chi connectivity index (χ0) is 27.5. The molecule has 1 atom stereocenters. The maximum absolute atomic E-state index is 13.7. The summed E-state index contributed by atoms with van der Waals surface area (Å²) in [5, 5.41) is 0.624. The fourth-order valence-electron chi connectivity index (χ4n) is 5.15. The lowest BCUT2D eigenvalue weighted by Gasteiger charge is -2.35. The summed E-state index contributed by atoms with van der Waals surface area (Å²) >= 11 is 12.4. The monoisotopic (exact) mass is 567 g/mol. The highest BCUT2D eigenvalue weighted by Crippen LogP contribution is 2.39. The molecule has 1 unspecified atom stereocenters. The molecule has 204 valence electrons. The van der Waals surface area contributed by atoms with E-state index in [1.807, 2.05) is 24.3 Å². The highest BCUT2D eigenvalue weighted by Gasteiger charge is 2.32. The van der Waals surface area contributed by atoms with Crippen LogP contribution < -0.4 is 14.4 Å². The number of rotatable bonds is 8. The molecule has 2 amide bonds. The maximum atomic E-state index is 13.7. The van der Waals surface area contributed by atoms with Gasteiger partial charge in [-0.05, 0) is 60.8 Å². The summed E-state index contributed by atoms with van der Waals surface area (Å²) in [6.45, 7) is 2.45. The second-order valence-corrected chi connectivity index (χ2v) is 10.7. The molecule has 39 heavy (non-hydrogen) atoms. The Hall–Kier alpha value is -3.26. The summed E-state index contributed by atoms with van der Waals surface area (Å²) in [5.41, 5.74) is 3.61. The molecule has 1 saturated heterocycles. The zero-order valence-corrected chi connectivity index (χ0v) is 23.5. The van der Waals surface area contributed by atoms with Gasteiger partial charge in [0.25, 0.3) is 5.91 Å². The molecule has 2 aliphatic rings. The fourth-order valence-corrected chi connectivity index (χ4v) is 5.46. The van der Waals surface area contributed by atoms with Crippen LogP contribution in [0, 0.1) is 0 Å². The van der Waals surface area contributed by atoms with Gasteiger partial charge >= 0.3 is 0 Å². The number of ether oxygens (including phenoxy) is 2. The number of amides is 2. The number of carbonyl (C=O) groups is 2. The predicted octanol–water partition coefficient (Wildman–Crippen LogP) is 5.69. The highest BCUT2D eigenvalue weighted by molar-refractivity contribution is 6.42. The van der Waals surface area contributed by atoms with Crippen LogP contribution in [0.4, 0.5) is 5.69 Å². The molecule has 0 N–H and O–H groups in total. The van der Waals surface area contributed by atoms with E-state index in [4.69, 9.17) is 32.7 Å². The van der Waals surface area contributed by atoms with Crippen LogP contribution in [-0.4, -0.2) is 68.6 Å². The number of carbonyl (C=O) groups excluding carboxylic acids is 2. The molecule has 1 fully saturated rings. The van der Waals surface area contributed by atoms with E-state index in [1.54, 1.807) is 31.2 Å². The third kappa shape index (κ3) is 6.01. The number of methoxy groups -OCH3 is 1. The van der Waals surface area contributed by atoms with Gasteiger partial charge in [-0.2, -0.15) is 0 Å². The molecule has 0 bridgehead atoms. The first-order chi connectivity index (χ1) is 18.8. The van der Waals surface area contributed by atoms with E-state index in [1.165, 1.54) is 4.90 Å². The fraction of sp³-hybridized carbons (Fsp3) is 0.333. The number of anilines is 1. The van der Waals surface area contributed by atoms with Crippen molar-refractivity contribution in [3.05, 3.63) is 76.3 Å². The Morgan fingerprint density at radius 1 is 1.03 bits per heavy atom. The maximum Gasteiger partial charge on any atom is 0.265 e. The number of hydrogen-bond donors (Lipinski definition) is 0. The standard InChI is InChI=1S/C30H31Cl2N3O4/c1-33(29(36)18-35-26-15-24(31)25(32)16-28(26)39-19-30(35)37)27(17-34-12-3-4-13-34)21-10-8-20(9-11-21)22-6-5-7-23(14-22)38-2/h5-11,14-16,27H,3-4,12-13,17-19H2,1-2H3. The minimum Gasteiger partial charge on any atom is -0.497 e. The molecular weight excluding hydrogens is 537 g/mol. The Morgan fingerprint density at radius 2 is 1.74 bits per heavy atom. The quantitative estimate of drug-likeness (QED) is 0.350. The Balaban J connectivity index is 1.39. The first-order valence-electron chi connectivity index (χ1n) is 13.0. The Labute approximate surface area is 238 Å². The Kier molecular flexibility index (Phi) is 8.31. The van der Waals surface area contributed by atoms with Crippen molar-refractivity contribution in [1.82, 2.24) is 9.80 Å². The molecule has 3 aromatic rings. The Morgan fingerprint density at radius 3 is 2.46 bits per heavy atom. The highest BCUT2D eigenvalue weighted by atomic mass is 35.5. The van der Waals surface area contributed by atoms with Crippen LogP contribution in [0.25, 0.3) is 11.1 Å². The van der Waals surface area contributed by atoms with Gasteiger partial charge in [-0.25, -0.2) is 0 Å². The molecule has 0 aromatic heterocycles. The van der Waals surface area contributed by atoms with Crippen LogP contribution in [0.2, 0.25) is 10.0 Å². The van der Waals surface area contributed by atoms with Gasteiger partial charge in [-0.3, -0.25) is 14.5 Å². The first-order valence-corrected chi connectivity index (χ1v) is 13.7. The molecule has 5 rings (SSSR count). The normalized spacial score (nSPS) is 16.0. The van der Waals surface area contributed by atoms with Crippen molar-refractivity contribution in [2.75, 3.05) is 51.8 Å². The van der Waals surface area contributed by atoms with Crippen molar-refractivity contribution >= 4 is 40.7 Å². The van der Waals surface area contributed by atoms with Gasteiger partial charge in [0.15, 0.2) is 6.61 Å². The third-order valence-electron chi connectivity index (χ3n) is 7.43. The molecule has 2 heterocycles. The van der Waals surface area contributed by atoms with Crippen LogP contribution in [0.1, 0.15) is 24.4 Å². The summed E-state index contributed by atoms with van der Waals surface area (Å²) in [7, 11) is 3.46. The molecule has 0 spiro atoms. The Bertz CT molecular complexity index is 1360. The van der Waals surface area contributed by atoms with Crippen LogP contribution in [0.15, 0.2) is 60.7 Å². The SMILES string of the molecule is COc1cccc(-c2ccc(C(CN3CCCC3)N(C)C(=O)CN3C(=O)COc4cc(Cl)c(Cl)cc43)cc2)c1. The van der Waals surface area contributed by atoms with Gasteiger partial charge in [0.05, 0.1) is 28.9 Å². The molecule has 0 aliphatic carbocycles. The van der Waals surface area contributed by atoms with Crippen LogP contribution in [0.5, 0.6) is 11.5 Å². The summed E-state index contributed by atoms with van der Waals surface area (Å²) in [6, 6.07) is 19.2. The molecule has 0 saturated carbocycles. The van der Waals surface area contributed by atoms with Crippen molar-refractivity contribution in [1.29, 1.82) is 0 Å². The number of likely N-dealkylation sites (N-methyl/N-ethyl adjacent to an activating group) is 1. The van der Waals surface area contributed by atoms with E-state index in [9.17, 15) is 9.59 Å². The molecule has 2 aliphatic heterocycles. The minimum atomic E-state index is -0.304. The lowest BCUT2D eigenvalue weighted by Crippen LogP contribution is -2.47. The molecule has 7 nitrogen and oxygen atoms in total. The van der Waals surface area contributed by atoms with Gasteiger partial charge in [-0.15, -0.1) is 0 Å². The molecular formula is C30H31Cl2N3O4. The van der Waals surface area contributed by atoms with E-state index in [0.29, 0.717) is 21.5 Å². The summed E-state index contributed by atoms with van der Waals surface area (Å²) in [5.74, 6) is 0.752. The third-order valence-corrected chi connectivity index (χ3v) is 8.15. The van der Waals surface area contributed by atoms with Crippen LogP contribution >= 0.6 is 23.2 Å². The summed E-state index contributed by atoms with van der Waals surface area (Å²) < 4.78 is 10.9. The van der Waals surface area contributed by atoms with Crippen LogP contribution in [0.3, 0.4) is 0 Å². The second kappa shape index (κ2) is 11.9. The van der Waals surface area contributed by atoms with Crippen molar-refractivity contribution in [2.24, 2.45) is 0 Å². The van der Waals surface area contributed by atoms with Crippen molar-refractivity contribution in [3.63, 3.8) is 0 Å². The van der Waals surface area contributed by atoms with Crippen molar-refractivity contribution < 1.29 is 19.1 Å². The van der Waals surface area contributed by atoms with Gasteiger partial charge < -0.3 is 19.3 Å². The predicted molar refractivity (Wildman–Crippen MR) is 154 cm³/mol. The summed E-state index contributed by atoms with van der Waals surface area (Å²) in [6.07, 6.45) is 2.31. The van der Waals surface area contributed by atoms with E-state index in [-0.39, 0.29) is 31.0 Å². The topological polar surface area (TPSA) is 62.3 Å². The smallest absolute Gasteiger partial charge is 0.265 e. The van der Waals surface area contributed by atoms with Crippen LogP contribution in [-0.2, 0) is 9.59 Å². The molecule has 3 aromatic carbocycles. The molecule has 0 radical (unpaired) electrons. The van der Waals surface area contributed by atoms with Crippen molar-refractivity contribution in [3.8, 4) is 22.6 Å². The van der Waals surface area contributed by atoms with Gasteiger partial charge in [0.2, 0.25) is 5.91 Å². The van der Waals surface area contributed by atoms with Crippen molar-refractivity contribution in [2.45, 2.75) is 18.9 Å². The summed E-state index contributed by atoms with van der Waals surface area (Å²) in [4.78, 5) is 32.0. The lowest BCUT2D eigenvalue weighted by molar-refractivity contribution is -0.133. The van der Waals surface area contributed by atoms with E-state index < -0.39 is 0 Å². The number of fused-ring (bicyclic) bond motifs is 1. The second-order valence-electron chi connectivity index (χ2n) is 9.88. The zero-order valence-electron chi connectivity index (χ0n) is 22.0. The minimum absolute atomic E-state index is 0.123. The number of halogens is 2. The van der Waals surface area contributed by atoms with Gasteiger partial charge in [-0.1, -0.05) is 59.6 Å². The average Bonchev–Trinajstić information content (AvgIpc) is 3.47.